The zero-order chi connectivity index (χ0) is 21.1. The second-order valence-corrected chi connectivity index (χ2v) is 5.74. The molecule has 0 aliphatic carbocycles. The van der Waals surface area contributed by atoms with Gasteiger partial charge < -0.3 is 0 Å². The predicted molar refractivity (Wildman–Crippen MR) is 98.7 cm³/mol. The third-order valence-electron chi connectivity index (χ3n) is 3.78. The highest BCUT2D eigenvalue weighted by molar-refractivity contribution is 5.59. The van der Waals surface area contributed by atoms with E-state index in [4.69, 9.17) is 8.50 Å². The van der Waals surface area contributed by atoms with Gasteiger partial charge in [-0.15, -0.1) is 10.2 Å². The molecule has 2 aromatic heterocycles. The molecule has 1 aromatic carbocycles. The fraction of sp³-hybridized carbons (Fsp3) is 0.333. The van der Waals surface area contributed by atoms with Crippen LogP contribution in [0.4, 0.5) is 5.69 Å². The monoisotopic (exact) mass is 378 g/mol. The lowest BCUT2D eigenvalue weighted by Crippen LogP contribution is -2.01. The van der Waals surface area contributed by atoms with Crippen molar-refractivity contribution in [3.8, 4) is 11.3 Å². The van der Waals surface area contributed by atoms with Crippen LogP contribution in [0, 0.1) is 10.1 Å². The normalized spacial score (nSPS) is 10.8. The van der Waals surface area contributed by atoms with Crippen LogP contribution in [0.15, 0.2) is 41.8 Å². The van der Waals surface area contributed by atoms with Gasteiger partial charge in [0.1, 0.15) is 11.4 Å². The first-order chi connectivity index (χ1) is 14.2. The largest absolute Gasteiger partial charge is 0.269 e. The van der Waals surface area contributed by atoms with Crippen molar-refractivity contribution in [2.45, 2.75) is 25.9 Å². The second-order valence-electron chi connectivity index (χ2n) is 5.74. The van der Waals surface area contributed by atoms with Crippen molar-refractivity contribution >= 4 is 5.69 Å². The molecule has 0 radical (unpaired) electrons. The van der Waals surface area contributed by atoms with Crippen LogP contribution in [-0.4, -0.2) is 41.5 Å². The topological polar surface area (TPSA) is 153 Å². The molecular weight excluding hydrogens is 352 g/mol. The number of hydrogen-bond acceptors (Lipinski definition) is 7. The molecule has 12 nitrogen and oxygen atoms in total. The molecule has 3 aromatic rings. The highest BCUT2D eigenvalue weighted by Crippen LogP contribution is 2.20. The lowest BCUT2D eigenvalue weighted by Gasteiger charge is -1.98. The molecule has 0 aliphatic heterocycles. The Morgan fingerprint density at radius 1 is 1.19 bits per heavy atom. The molecule has 3 rings (SSSR count). The lowest BCUT2D eigenvalue weighted by molar-refractivity contribution is -0.384. The quantitative estimate of drug-likeness (QED) is 0.139. The summed E-state index contributed by atoms with van der Waals surface area (Å²) in [6.07, 6.45) is 5.22. The number of azide groups is 1. The summed E-state index contributed by atoms with van der Waals surface area (Å²) >= 11 is 0. The first-order valence-electron chi connectivity index (χ1n) is 9.20. The molecule has 0 fully saturated rings. The summed E-state index contributed by atoms with van der Waals surface area (Å²) in [7, 11) is 0. The number of aryl methyl sites for hydroxylation is 1. The lowest BCUT2D eigenvalue weighted by atomic mass is 10.1. The Labute approximate surface area is 157 Å². The second kappa shape index (κ2) is 8.54. The van der Waals surface area contributed by atoms with E-state index < -0.39 is 4.92 Å². The van der Waals surface area contributed by atoms with Gasteiger partial charge in [0.25, 0.3) is 5.69 Å². The number of unbranched alkanes of at least 4 members (excludes halogenated alkanes) is 1. The summed E-state index contributed by atoms with van der Waals surface area (Å²) in [5.41, 5.74) is 10.4. The SMILES string of the molecule is [3HH].[3H][3H].[N-]=[N+]=NCCCCn1cc(Cn2cc(-c3ccc([N+](=O)[O-])cc3)nn2)nn1. The Balaban J connectivity index is 0.00000146. The molecule has 0 saturated carbocycles. The Hall–Kier alpha value is -3.79. The van der Waals surface area contributed by atoms with Crippen molar-refractivity contribution < 1.29 is 9.32 Å². The van der Waals surface area contributed by atoms with E-state index in [1.807, 2.05) is 6.20 Å². The van der Waals surface area contributed by atoms with E-state index in [1.165, 1.54) is 12.1 Å². The molecule has 0 bridgehead atoms. The van der Waals surface area contributed by atoms with Gasteiger partial charge in [0.2, 0.25) is 0 Å². The van der Waals surface area contributed by atoms with Gasteiger partial charge in [-0.25, -0.2) is 4.68 Å². The Bertz CT molecular complexity index is 969. The highest BCUT2D eigenvalue weighted by Gasteiger charge is 2.09. The summed E-state index contributed by atoms with van der Waals surface area (Å²) in [5, 5.41) is 30.5. The number of nitro benzene ring substituents is 1. The van der Waals surface area contributed by atoms with Gasteiger partial charge in [-0.05, 0) is 30.5 Å². The first kappa shape index (κ1) is 16.7. The maximum atomic E-state index is 10.7. The van der Waals surface area contributed by atoms with Crippen molar-refractivity contribution in [3.63, 3.8) is 0 Å². The van der Waals surface area contributed by atoms with E-state index in [0.29, 0.717) is 25.3 Å². The minimum Gasteiger partial charge on any atom is -0.258 e. The fourth-order valence-corrected chi connectivity index (χ4v) is 2.45. The maximum absolute atomic E-state index is 10.7. The number of non-ortho nitro benzene ring substituents is 1. The van der Waals surface area contributed by atoms with E-state index in [9.17, 15) is 10.1 Å². The van der Waals surface area contributed by atoms with Gasteiger partial charge in [-0.1, -0.05) is 15.5 Å². The van der Waals surface area contributed by atoms with Crippen molar-refractivity contribution in [2.75, 3.05) is 6.54 Å². The minimum absolute atomic E-state index is 0. The standard InChI is InChI=1S/C15H16N10O2.2H2/c16-20-17-7-1-2-8-23-9-13(18-21-23)10-24-11-15(19-22-24)12-3-5-14(6-4-12)25(26)27;;/h3-6,9,11H,1-2,7-8,10H2;2*1H/i;1+2T;1+2. The number of nitro groups is 1. The minimum atomic E-state index is -0.444. The summed E-state index contributed by atoms with van der Waals surface area (Å²) in [6.45, 7) is 1.58. The van der Waals surface area contributed by atoms with Gasteiger partial charge in [-0.3, -0.25) is 14.8 Å². The third-order valence-corrected chi connectivity index (χ3v) is 3.78. The highest BCUT2D eigenvalue weighted by atomic mass is 16.6. The van der Waals surface area contributed by atoms with Crippen molar-refractivity contribution in [2.24, 2.45) is 5.11 Å². The van der Waals surface area contributed by atoms with Gasteiger partial charge in [0, 0.05) is 40.1 Å². The molecule has 0 unspecified atom stereocenters. The van der Waals surface area contributed by atoms with E-state index in [2.05, 4.69) is 30.7 Å². The van der Waals surface area contributed by atoms with Gasteiger partial charge in [-0.2, -0.15) is 0 Å². The number of hydrogen-bond donors (Lipinski definition) is 0. The Kier molecular flexibility index (Phi) is 5.27. The first-order valence-corrected chi connectivity index (χ1v) is 8.20. The summed E-state index contributed by atoms with van der Waals surface area (Å²) in [5.74, 6) is 0. The van der Waals surface area contributed by atoms with Crippen LogP contribution >= 0.6 is 0 Å². The number of aromatic nitrogens is 6. The molecular formula is C15H20N10O2. The van der Waals surface area contributed by atoms with E-state index in [1.54, 1.807) is 27.7 Å². The van der Waals surface area contributed by atoms with Crippen molar-refractivity contribution in [1.82, 2.24) is 30.0 Å². The molecule has 0 spiro atoms. The molecule has 0 aliphatic rings. The van der Waals surface area contributed by atoms with Crippen LogP contribution in [-0.2, 0) is 13.1 Å². The van der Waals surface area contributed by atoms with E-state index >= 15 is 0 Å². The number of nitrogens with zero attached hydrogens (tertiary/aromatic N) is 10. The number of benzene rings is 1. The molecule has 0 saturated heterocycles. The summed E-state index contributed by atoms with van der Waals surface area (Å²) in [4.78, 5) is 13.0. The molecule has 142 valence electrons. The average Bonchev–Trinajstić information content (AvgIpc) is 3.39. The van der Waals surface area contributed by atoms with Gasteiger partial charge in [0.15, 0.2) is 0 Å². The Morgan fingerprint density at radius 3 is 2.70 bits per heavy atom. The van der Waals surface area contributed by atoms with Gasteiger partial charge in [0.05, 0.1) is 23.9 Å². The average molecular weight is 378 g/mol. The molecule has 12 heteroatoms. The van der Waals surface area contributed by atoms with E-state index in [-0.39, 0.29) is 7.11 Å². The van der Waals surface area contributed by atoms with E-state index in [0.717, 1.165) is 24.1 Å². The summed E-state index contributed by atoms with van der Waals surface area (Å²) in [6, 6.07) is 6.14. The molecule has 0 amide bonds. The van der Waals surface area contributed by atoms with Crippen LogP contribution < -0.4 is 0 Å². The van der Waals surface area contributed by atoms with Crippen LogP contribution in [0.3, 0.4) is 0 Å². The van der Waals surface area contributed by atoms with Crippen LogP contribution in [0.1, 0.15) is 22.9 Å². The van der Waals surface area contributed by atoms with Crippen molar-refractivity contribution in [3.05, 3.63) is 62.9 Å². The molecule has 0 N–H and O–H groups in total. The fourth-order valence-electron chi connectivity index (χ4n) is 2.45. The zero-order valence-corrected chi connectivity index (χ0v) is 14.3. The maximum Gasteiger partial charge on any atom is 0.269 e. The predicted octanol–water partition coefficient (Wildman–Crippen LogP) is 3.08. The third kappa shape index (κ3) is 4.86. The van der Waals surface area contributed by atoms with Crippen molar-refractivity contribution in [1.29, 1.82) is 0 Å². The molecule has 27 heavy (non-hydrogen) atoms. The van der Waals surface area contributed by atoms with Crippen LogP contribution in [0.5, 0.6) is 0 Å². The summed E-state index contributed by atoms with van der Waals surface area (Å²) < 4.78 is 13.4. The van der Waals surface area contributed by atoms with Gasteiger partial charge >= 0.3 is 0 Å². The Morgan fingerprint density at radius 2 is 1.96 bits per heavy atom. The number of rotatable bonds is 9. The van der Waals surface area contributed by atoms with Crippen LogP contribution in [0.2, 0.25) is 0 Å². The van der Waals surface area contributed by atoms with Crippen LogP contribution in [0.25, 0.3) is 21.7 Å². The molecule has 2 heterocycles. The molecule has 0 atom stereocenters. The smallest absolute Gasteiger partial charge is 0.258 e. The zero-order valence-electron chi connectivity index (χ0n) is 16.3.